The minimum Gasteiger partial charge on any atom is -0.496 e. The van der Waals surface area contributed by atoms with Gasteiger partial charge in [-0.05, 0) is 82.8 Å². The summed E-state index contributed by atoms with van der Waals surface area (Å²) >= 11 is 0. The van der Waals surface area contributed by atoms with Crippen LogP contribution in [0.5, 0.6) is 5.75 Å². The van der Waals surface area contributed by atoms with Gasteiger partial charge in [-0.3, -0.25) is 9.59 Å². The Morgan fingerprint density at radius 1 is 1.15 bits per heavy atom. The van der Waals surface area contributed by atoms with Crippen LogP contribution in [0.2, 0.25) is 0 Å². The summed E-state index contributed by atoms with van der Waals surface area (Å²) in [6.07, 6.45) is 2.49. The molecule has 1 aliphatic heterocycles. The molecule has 0 radical (unpaired) electrons. The van der Waals surface area contributed by atoms with Gasteiger partial charge >= 0.3 is 19.1 Å². The number of hydrogen-bond acceptors (Lipinski definition) is 9. The van der Waals surface area contributed by atoms with Gasteiger partial charge in [0, 0.05) is 5.94 Å². The van der Waals surface area contributed by atoms with Crippen molar-refractivity contribution >= 4 is 24.8 Å². The first-order valence-corrected chi connectivity index (χ1v) is 13.7. The largest absolute Gasteiger partial charge is 0.496 e. The van der Waals surface area contributed by atoms with Crippen LogP contribution in [-0.4, -0.2) is 62.9 Å². The Morgan fingerprint density at radius 3 is 2.49 bits per heavy atom. The molecule has 3 saturated carbocycles. The van der Waals surface area contributed by atoms with E-state index in [2.05, 4.69) is 26.1 Å². The molecule has 3 aliphatic carbocycles. The summed E-state index contributed by atoms with van der Waals surface area (Å²) in [5.41, 5.74) is 0.0609. The molecule has 4 fully saturated rings. The van der Waals surface area contributed by atoms with Crippen LogP contribution in [0.4, 0.5) is 0 Å². The summed E-state index contributed by atoms with van der Waals surface area (Å²) in [5, 5.41) is 3.32. The van der Waals surface area contributed by atoms with Gasteiger partial charge in [-0.2, -0.15) is 0 Å². The summed E-state index contributed by atoms with van der Waals surface area (Å²) < 4.78 is 29.1. The van der Waals surface area contributed by atoms with E-state index >= 15 is 0 Å². The molecule has 5 rings (SSSR count). The van der Waals surface area contributed by atoms with E-state index in [1.165, 1.54) is 14.0 Å². The van der Waals surface area contributed by atoms with Gasteiger partial charge in [0.1, 0.15) is 17.1 Å². The van der Waals surface area contributed by atoms with Crippen LogP contribution in [0.3, 0.4) is 0 Å². The van der Waals surface area contributed by atoms with Crippen LogP contribution in [-0.2, 0) is 34.8 Å². The van der Waals surface area contributed by atoms with Crippen molar-refractivity contribution in [1.82, 2.24) is 5.32 Å². The predicted octanol–water partition coefficient (Wildman–Crippen LogP) is 3.76. The lowest BCUT2D eigenvalue weighted by Gasteiger charge is -2.64. The lowest BCUT2D eigenvalue weighted by molar-refractivity contribution is -0.199. The molecule has 5 unspecified atom stereocenters. The van der Waals surface area contributed by atoms with E-state index in [4.69, 9.17) is 23.5 Å². The zero-order valence-corrected chi connectivity index (χ0v) is 24.4. The van der Waals surface area contributed by atoms with E-state index in [1.807, 2.05) is 6.07 Å². The Morgan fingerprint density at radius 2 is 1.87 bits per heavy atom. The van der Waals surface area contributed by atoms with E-state index in [0.717, 1.165) is 18.4 Å². The quantitative estimate of drug-likeness (QED) is 0.268. The molecule has 1 aromatic carbocycles. The van der Waals surface area contributed by atoms with Gasteiger partial charge in [0.05, 0.1) is 30.8 Å². The van der Waals surface area contributed by atoms with Gasteiger partial charge in [-0.15, -0.1) is 0 Å². The maximum absolute atomic E-state index is 12.9. The number of Topliss-reactive ketones (excluding diaryl/α,β-unsaturated/α-hetero) is 1. The second kappa shape index (κ2) is 10.9. The van der Waals surface area contributed by atoms with Crippen molar-refractivity contribution in [3.05, 3.63) is 29.3 Å². The standard InChI is InChI=1S/C29H42BNO8/c1-17(32)15-31-23(30-38-22-14-19-13-21(28(19,5)6)29(22,7)39-30)12-18-10-9-11-20(24(18)35-8)25(33)36-16-37-26(34)27(2,3)4/h9-11,19,21-23,31H,12-16H2,1-8H3. The average molecular weight is 543 g/mol. The molecule has 1 heterocycles. The smallest absolute Gasteiger partial charge is 0.476 e. The van der Waals surface area contributed by atoms with E-state index in [0.29, 0.717) is 24.0 Å². The molecule has 5 atom stereocenters. The van der Waals surface area contributed by atoms with E-state index in [9.17, 15) is 14.4 Å². The average Bonchev–Trinajstić information content (AvgIpc) is 3.22. The summed E-state index contributed by atoms with van der Waals surface area (Å²) in [6.45, 7) is 13.1. The molecule has 214 valence electrons. The number of para-hydroxylation sites is 1. The first-order chi connectivity index (χ1) is 18.2. The second-order valence-corrected chi connectivity index (χ2v) is 13.0. The monoisotopic (exact) mass is 543 g/mol. The summed E-state index contributed by atoms with van der Waals surface area (Å²) in [5.74, 6) is -0.114. The van der Waals surface area contributed by atoms with Crippen LogP contribution in [0.25, 0.3) is 0 Å². The lowest BCUT2D eigenvalue weighted by Crippen LogP contribution is -2.65. The molecule has 1 saturated heterocycles. The van der Waals surface area contributed by atoms with Crippen molar-refractivity contribution < 1.29 is 37.9 Å². The minimum absolute atomic E-state index is 0.0000746. The topological polar surface area (TPSA) is 109 Å². The van der Waals surface area contributed by atoms with E-state index < -0.39 is 31.3 Å². The number of rotatable bonds is 10. The van der Waals surface area contributed by atoms with Gasteiger partial charge in [0.2, 0.25) is 6.79 Å². The zero-order chi connectivity index (χ0) is 28.8. The molecular weight excluding hydrogens is 501 g/mol. The highest BCUT2D eigenvalue weighted by Crippen LogP contribution is 2.65. The summed E-state index contributed by atoms with van der Waals surface area (Å²) in [6, 6.07) is 5.20. The maximum atomic E-state index is 12.9. The SMILES string of the molecule is COc1c(CC(NCC(C)=O)B2OC3CC4CC(C4(C)C)C3(C)O2)cccc1C(=O)OCOC(=O)C(C)(C)C. The highest BCUT2D eigenvalue weighted by atomic mass is 16.7. The summed E-state index contributed by atoms with van der Waals surface area (Å²) in [4.78, 5) is 36.8. The van der Waals surface area contributed by atoms with Crippen LogP contribution in [0, 0.1) is 22.7 Å². The first kappa shape index (κ1) is 29.6. The molecule has 0 spiro atoms. The molecule has 0 amide bonds. The van der Waals surface area contributed by atoms with Crippen LogP contribution in [0.15, 0.2) is 18.2 Å². The molecule has 2 bridgehead atoms. The molecule has 39 heavy (non-hydrogen) atoms. The van der Waals surface area contributed by atoms with Crippen LogP contribution < -0.4 is 10.1 Å². The number of hydrogen-bond donors (Lipinski definition) is 1. The number of methoxy groups -OCH3 is 1. The fraction of sp³-hybridized carbons (Fsp3) is 0.690. The third-order valence-electron chi connectivity index (χ3n) is 8.86. The second-order valence-electron chi connectivity index (χ2n) is 13.0. The number of esters is 2. The third kappa shape index (κ3) is 5.74. The number of benzene rings is 1. The zero-order valence-electron chi connectivity index (χ0n) is 24.4. The molecule has 9 nitrogen and oxygen atoms in total. The van der Waals surface area contributed by atoms with Gasteiger partial charge in [-0.1, -0.05) is 26.0 Å². The van der Waals surface area contributed by atoms with Gasteiger partial charge in [0.15, 0.2) is 0 Å². The number of carbonyl (C=O) groups is 3. The Balaban J connectivity index is 1.51. The number of ketones is 1. The van der Waals surface area contributed by atoms with Crippen LogP contribution in [0.1, 0.15) is 77.2 Å². The van der Waals surface area contributed by atoms with Crippen LogP contribution >= 0.6 is 0 Å². The Kier molecular flexibility index (Phi) is 8.23. The Bertz CT molecular complexity index is 1110. The van der Waals surface area contributed by atoms with Crippen molar-refractivity contribution in [3.8, 4) is 5.75 Å². The number of carbonyl (C=O) groups excluding carboxylic acids is 3. The fourth-order valence-electron chi connectivity index (χ4n) is 6.43. The van der Waals surface area contributed by atoms with E-state index in [1.54, 1.807) is 32.9 Å². The molecule has 1 aromatic rings. The highest BCUT2D eigenvalue weighted by molar-refractivity contribution is 6.47. The molecule has 1 N–H and O–H groups in total. The van der Waals surface area contributed by atoms with E-state index in [-0.39, 0.29) is 41.0 Å². The Hall–Kier alpha value is -2.43. The summed E-state index contributed by atoms with van der Waals surface area (Å²) in [7, 11) is 0.924. The minimum atomic E-state index is -0.707. The van der Waals surface area contributed by atoms with Gasteiger partial charge in [0.25, 0.3) is 0 Å². The van der Waals surface area contributed by atoms with Crippen molar-refractivity contribution in [2.75, 3.05) is 20.4 Å². The van der Waals surface area contributed by atoms with Crippen molar-refractivity contribution in [3.63, 3.8) is 0 Å². The number of nitrogens with one attached hydrogen (secondary N) is 1. The Labute approximate surface area is 231 Å². The fourth-order valence-corrected chi connectivity index (χ4v) is 6.43. The van der Waals surface area contributed by atoms with Crippen molar-refractivity contribution in [2.45, 2.75) is 85.4 Å². The molecular formula is C29H42BNO8. The lowest BCUT2D eigenvalue weighted by atomic mass is 9.43. The predicted molar refractivity (Wildman–Crippen MR) is 145 cm³/mol. The molecule has 0 aromatic heterocycles. The van der Waals surface area contributed by atoms with Crippen molar-refractivity contribution in [1.29, 1.82) is 0 Å². The van der Waals surface area contributed by atoms with Gasteiger partial charge < -0.3 is 28.8 Å². The molecule has 10 heteroatoms. The number of ether oxygens (including phenoxy) is 3. The third-order valence-corrected chi connectivity index (χ3v) is 8.86. The maximum Gasteiger partial charge on any atom is 0.476 e. The molecule has 4 aliphatic rings. The highest BCUT2D eigenvalue weighted by Gasteiger charge is 2.68. The van der Waals surface area contributed by atoms with Crippen molar-refractivity contribution in [2.24, 2.45) is 22.7 Å². The first-order valence-electron chi connectivity index (χ1n) is 13.7. The van der Waals surface area contributed by atoms with Gasteiger partial charge in [-0.25, -0.2) is 4.79 Å². The normalized spacial score (nSPS) is 27.7.